The van der Waals surface area contributed by atoms with Gasteiger partial charge in [-0.05, 0) is 38.9 Å². The highest BCUT2D eigenvalue weighted by Crippen LogP contribution is 2.10. The number of hydrogen-bond acceptors (Lipinski definition) is 3. The first-order valence-corrected chi connectivity index (χ1v) is 5.90. The van der Waals surface area contributed by atoms with E-state index in [0.29, 0.717) is 6.42 Å². The molecule has 0 amide bonds. The normalized spacial score (nSPS) is 18.4. The Balaban J connectivity index is 2.13. The highest BCUT2D eigenvalue weighted by molar-refractivity contribution is 5.93. The summed E-state index contributed by atoms with van der Waals surface area (Å²) in [4.78, 5) is 13.7. The highest BCUT2D eigenvalue weighted by Gasteiger charge is 2.09. The minimum absolute atomic E-state index is 0.00446. The number of ketones is 1. The molecule has 0 aromatic carbocycles. The maximum absolute atomic E-state index is 11.2. The average Bonchev–Trinajstić information content (AvgIpc) is 2.46. The predicted octanol–water partition coefficient (Wildman–Crippen LogP) is 1.68. The first kappa shape index (κ1) is 12.2. The van der Waals surface area contributed by atoms with E-state index in [2.05, 4.69) is 11.5 Å². The van der Waals surface area contributed by atoms with Gasteiger partial charge in [0.05, 0.1) is 5.70 Å². The van der Waals surface area contributed by atoms with Crippen LogP contribution >= 0.6 is 0 Å². The molecule has 0 atom stereocenters. The van der Waals surface area contributed by atoms with Gasteiger partial charge in [0.25, 0.3) is 0 Å². The molecule has 0 aromatic rings. The Hall–Kier alpha value is -0.830. The lowest BCUT2D eigenvalue weighted by atomic mass is 10.2. The minimum atomic E-state index is 0.00446. The number of likely N-dealkylation sites (tertiary alicyclic amines) is 1. The molecule has 1 saturated heterocycles. The van der Waals surface area contributed by atoms with Crippen molar-refractivity contribution in [3.63, 3.8) is 0 Å². The van der Waals surface area contributed by atoms with E-state index in [0.717, 1.165) is 13.0 Å². The number of allylic oxidation sites excluding steroid dienone is 1. The second-order valence-corrected chi connectivity index (χ2v) is 4.31. The quantitative estimate of drug-likeness (QED) is 0.702. The summed E-state index contributed by atoms with van der Waals surface area (Å²) < 4.78 is 0. The summed E-state index contributed by atoms with van der Waals surface area (Å²) in [6.07, 6.45) is 6.78. The van der Waals surface area contributed by atoms with Gasteiger partial charge in [0.1, 0.15) is 0 Å². The van der Waals surface area contributed by atoms with Crippen LogP contribution in [0.5, 0.6) is 0 Å². The van der Waals surface area contributed by atoms with E-state index < -0.39 is 0 Å². The topological polar surface area (TPSA) is 46.3 Å². The second-order valence-electron chi connectivity index (χ2n) is 4.31. The number of Topliss-reactive ketones (excluding diaryl/α,β-unsaturated/α-hetero) is 1. The van der Waals surface area contributed by atoms with Crippen LogP contribution in [0, 0.1) is 0 Å². The van der Waals surface area contributed by atoms with Gasteiger partial charge in [0.2, 0.25) is 0 Å². The Kier molecular flexibility index (Phi) is 5.40. The van der Waals surface area contributed by atoms with Crippen LogP contribution in [0.3, 0.4) is 0 Å². The van der Waals surface area contributed by atoms with Crippen molar-refractivity contribution in [3.8, 4) is 0 Å². The van der Waals surface area contributed by atoms with E-state index in [9.17, 15) is 4.79 Å². The predicted molar refractivity (Wildman–Crippen MR) is 62.5 cm³/mol. The monoisotopic (exact) mass is 210 g/mol. The van der Waals surface area contributed by atoms with Crippen LogP contribution in [0.1, 0.15) is 38.5 Å². The van der Waals surface area contributed by atoms with Gasteiger partial charge in [0.15, 0.2) is 5.78 Å². The molecule has 1 aliphatic rings. The maximum Gasteiger partial charge on any atom is 0.177 e. The molecule has 0 saturated carbocycles. The van der Waals surface area contributed by atoms with Crippen molar-refractivity contribution in [2.24, 2.45) is 5.73 Å². The van der Waals surface area contributed by atoms with Gasteiger partial charge in [-0.2, -0.15) is 0 Å². The lowest BCUT2D eigenvalue weighted by molar-refractivity contribution is -0.115. The Labute approximate surface area is 92.3 Å². The molecule has 0 bridgehead atoms. The van der Waals surface area contributed by atoms with Crippen LogP contribution in [-0.2, 0) is 4.79 Å². The van der Waals surface area contributed by atoms with Crippen LogP contribution in [0.4, 0.5) is 0 Å². The van der Waals surface area contributed by atoms with Gasteiger partial charge in [-0.3, -0.25) is 4.79 Å². The molecule has 2 N–H and O–H groups in total. The molecule has 3 heteroatoms. The largest absolute Gasteiger partial charge is 0.396 e. The lowest BCUT2D eigenvalue weighted by Gasteiger charge is -2.19. The molecule has 1 rings (SSSR count). The van der Waals surface area contributed by atoms with Crippen LogP contribution in [0.2, 0.25) is 0 Å². The van der Waals surface area contributed by atoms with E-state index in [1.165, 1.54) is 38.8 Å². The molecule has 1 fully saturated rings. The van der Waals surface area contributed by atoms with Gasteiger partial charge in [-0.1, -0.05) is 19.4 Å². The summed E-state index contributed by atoms with van der Waals surface area (Å²) in [5.41, 5.74) is 5.52. The first-order chi connectivity index (χ1) is 7.20. The van der Waals surface area contributed by atoms with Gasteiger partial charge >= 0.3 is 0 Å². The van der Waals surface area contributed by atoms with E-state index in [-0.39, 0.29) is 11.5 Å². The zero-order valence-electron chi connectivity index (χ0n) is 9.50. The minimum Gasteiger partial charge on any atom is -0.396 e. The third-order valence-electron chi connectivity index (χ3n) is 2.94. The molecule has 1 heterocycles. The summed E-state index contributed by atoms with van der Waals surface area (Å²) in [6, 6.07) is 0. The Morgan fingerprint density at radius 3 is 2.33 bits per heavy atom. The molecule has 0 radical (unpaired) electrons. The van der Waals surface area contributed by atoms with Crippen LogP contribution in [-0.4, -0.2) is 30.3 Å². The fourth-order valence-corrected chi connectivity index (χ4v) is 1.98. The van der Waals surface area contributed by atoms with Crippen molar-refractivity contribution in [2.75, 3.05) is 19.6 Å². The van der Waals surface area contributed by atoms with Crippen LogP contribution in [0.25, 0.3) is 0 Å². The van der Waals surface area contributed by atoms with Crippen LogP contribution < -0.4 is 5.73 Å². The standard InChI is InChI=1S/C12H22N2O/c1-11(13)12(15)7-6-10-14-8-4-2-3-5-9-14/h1-10,13H2. The van der Waals surface area contributed by atoms with Crippen molar-refractivity contribution >= 4 is 5.78 Å². The molecular formula is C12H22N2O. The molecule has 3 nitrogen and oxygen atoms in total. The number of rotatable bonds is 5. The molecule has 86 valence electrons. The molecule has 0 aliphatic carbocycles. The fourth-order valence-electron chi connectivity index (χ4n) is 1.98. The SMILES string of the molecule is C=C(N)C(=O)CCCN1CCCCCC1. The van der Waals surface area contributed by atoms with E-state index in [1.807, 2.05) is 0 Å². The number of nitrogens with two attached hydrogens (primary N) is 1. The van der Waals surface area contributed by atoms with E-state index >= 15 is 0 Å². The summed E-state index contributed by atoms with van der Waals surface area (Å²) in [5, 5.41) is 0. The average molecular weight is 210 g/mol. The molecule has 0 spiro atoms. The van der Waals surface area contributed by atoms with Gasteiger partial charge in [-0.15, -0.1) is 0 Å². The highest BCUT2D eigenvalue weighted by atomic mass is 16.1. The van der Waals surface area contributed by atoms with Crippen molar-refractivity contribution in [1.29, 1.82) is 0 Å². The summed E-state index contributed by atoms with van der Waals surface area (Å²) in [7, 11) is 0. The van der Waals surface area contributed by atoms with Crippen molar-refractivity contribution in [1.82, 2.24) is 4.90 Å². The van der Waals surface area contributed by atoms with Crippen molar-refractivity contribution in [2.45, 2.75) is 38.5 Å². The van der Waals surface area contributed by atoms with Gasteiger partial charge < -0.3 is 10.6 Å². The lowest BCUT2D eigenvalue weighted by Crippen LogP contribution is -2.26. The Bertz CT molecular complexity index is 218. The summed E-state index contributed by atoms with van der Waals surface area (Å²) >= 11 is 0. The molecule has 15 heavy (non-hydrogen) atoms. The number of nitrogens with zero attached hydrogens (tertiary/aromatic N) is 1. The van der Waals surface area contributed by atoms with Crippen molar-refractivity contribution < 1.29 is 4.79 Å². The summed E-state index contributed by atoms with van der Waals surface area (Å²) in [5.74, 6) is 0.00446. The smallest absolute Gasteiger partial charge is 0.177 e. The zero-order chi connectivity index (χ0) is 11.1. The fraction of sp³-hybridized carbons (Fsp3) is 0.750. The molecular weight excluding hydrogens is 188 g/mol. The third-order valence-corrected chi connectivity index (χ3v) is 2.94. The number of hydrogen-bond donors (Lipinski definition) is 1. The Morgan fingerprint density at radius 1 is 1.20 bits per heavy atom. The molecule has 0 unspecified atom stereocenters. The third kappa shape index (κ3) is 4.98. The molecule has 1 aliphatic heterocycles. The Morgan fingerprint density at radius 2 is 1.80 bits per heavy atom. The number of carbonyl (C=O) groups is 1. The maximum atomic E-state index is 11.2. The second kappa shape index (κ2) is 6.62. The van der Waals surface area contributed by atoms with E-state index in [4.69, 9.17) is 5.73 Å². The van der Waals surface area contributed by atoms with Crippen molar-refractivity contribution in [3.05, 3.63) is 12.3 Å². The van der Waals surface area contributed by atoms with Gasteiger partial charge in [-0.25, -0.2) is 0 Å². The van der Waals surface area contributed by atoms with Gasteiger partial charge in [0, 0.05) is 6.42 Å². The molecule has 0 aromatic heterocycles. The number of carbonyl (C=O) groups excluding carboxylic acids is 1. The van der Waals surface area contributed by atoms with Crippen LogP contribution in [0.15, 0.2) is 12.3 Å². The summed E-state index contributed by atoms with van der Waals surface area (Å²) in [6.45, 7) is 6.86. The first-order valence-electron chi connectivity index (χ1n) is 5.90. The van der Waals surface area contributed by atoms with E-state index in [1.54, 1.807) is 0 Å². The zero-order valence-corrected chi connectivity index (χ0v) is 9.50.